The van der Waals surface area contributed by atoms with E-state index in [1.165, 1.54) is 11.9 Å². The van der Waals surface area contributed by atoms with Gasteiger partial charge in [0.2, 0.25) is 5.91 Å². The van der Waals surface area contributed by atoms with E-state index in [2.05, 4.69) is 24.7 Å². The predicted molar refractivity (Wildman–Crippen MR) is 225 cm³/mol. The molecular weight excluding hydrogens is 862 g/mol. The zero-order valence-electron chi connectivity index (χ0n) is 39.5. The molecule has 65 heavy (non-hydrogen) atoms. The molecule has 0 atom stereocenters. The Kier molecular flexibility index (Phi) is 27.6. The maximum atomic E-state index is 11.9. The normalized spacial score (nSPS) is 14.6. The van der Waals surface area contributed by atoms with Crippen LogP contribution in [0.3, 0.4) is 0 Å². The maximum absolute atomic E-state index is 11.9. The van der Waals surface area contributed by atoms with Gasteiger partial charge in [0.1, 0.15) is 5.60 Å². The highest BCUT2D eigenvalue weighted by molar-refractivity contribution is 6.03. The number of imide groups is 3. The van der Waals surface area contributed by atoms with Crippen LogP contribution in [0, 0.1) is 0 Å². The van der Waals surface area contributed by atoms with Crippen molar-refractivity contribution in [3.8, 4) is 0 Å². The Bertz CT molecular complexity index is 1590. The maximum Gasteiger partial charge on any atom is 0.333 e. The van der Waals surface area contributed by atoms with Crippen molar-refractivity contribution >= 4 is 71.2 Å². The van der Waals surface area contributed by atoms with Crippen LogP contribution >= 0.6 is 0 Å². The molecule has 24 heteroatoms. The summed E-state index contributed by atoms with van der Waals surface area (Å²) in [7, 11) is 11.6. The molecule has 0 unspecified atom stereocenters. The SMILES string of the molecule is CC(C)OC(=O)CCN(C)C(=O)CCC(=O)ON1C(=O)CCC1=O.CN(C)C.CN(C)CCNCCC(=O)OC(C)(C)C.O=C(CCC(=O)ON1C(=O)CCC1=O)ON1C(=O)CCC1=O. The smallest absolute Gasteiger partial charge is 0.333 e. The van der Waals surface area contributed by atoms with Gasteiger partial charge in [-0.3, -0.25) is 43.2 Å². The van der Waals surface area contributed by atoms with Gasteiger partial charge < -0.3 is 44.0 Å². The highest BCUT2D eigenvalue weighted by atomic mass is 16.7. The van der Waals surface area contributed by atoms with Gasteiger partial charge in [-0.1, -0.05) is 0 Å². The summed E-state index contributed by atoms with van der Waals surface area (Å²) in [6.07, 6.45) is -1.18. The van der Waals surface area contributed by atoms with Gasteiger partial charge in [0.15, 0.2) is 0 Å². The van der Waals surface area contributed by atoms with Crippen LogP contribution < -0.4 is 5.32 Å². The van der Waals surface area contributed by atoms with Crippen LogP contribution in [0.5, 0.6) is 0 Å². The van der Waals surface area contributed by atoms with Gasteiger partial charge in [-0.2, -0.15) is 0 Å². The Morgan fingerprint density at radius 1 is 0.523 bits per heavy atom. The molecule has 3 aliphatic rings. The van der Waals surface area contributed by atoms with Crippen molar-refractivity contribution in [3.63, 3.8) is 0 Å². The standard InChI is InChI=1S/C15H22N2O7.C12H12N2O8.C11H24N2O2.C3H9N/c1-10(2)23-14(21)8-9-16(3)11(18)6-7-15(22)24-17-12(19)4-5-13(17)20;15-7-1-2-8(16)13(7)21-11(19)5-6-12(20)22-14-9(17)3-4-10(14)18;1-11(2,3)15-10(14)6-7-12-8-9-13(4)5;1-4(2)3/h10H,4-9H2,1-3H3;1-6H2;12H,6-9H2,1-5H3;1-3H3. The molecule has 1 N–H and O–H groups in total. The predicted octanol–water partition coefficient (Wildman–Crippen LogP) is 0.202. The number of hydrogen-bond donors (Lipinski definition) is 1. The third-order valence-corrected chi connectivity index (χ3v) is 7.78. The van der Waals surface area contributed by atoms with E-state index >= 15 is 0 Å². The highest BCUT2D eigenvalue weighted by Crippen LogP contribution is 2.16. The fraction of sp³-hybridized carbons (Fsp3) is 0.707. The number of rotatable bonds is 19. The molecule has 0 aromatic rings. The first-order valence-corrected chi connectivity index (χ1v) is 20.9. The van der Waals surface area contributed by atoms with E-state index in [1.807, 2.05) is 60.9 Å². The number of nitrogens with zero attached hydrogens (tertiary/aromatic N) is 6. The summed E-state index contributed by atoms with van der Waals surface area (Å²) in [6.45, 7) is 11.8. The molecule has 0 spiro atoms. The van der Waals surface area contributed by atoms with Crippen LogP contribution in [-0.4, -0.2) is 181 Å². The summed E-state index contributed by atoms with van der Waals surface area (Å²) in [5.74, 6) is -7.34. The fourth-order valence-electron chi connectivity index (χ4n) is 4.74. The molecule has 0 radical (unpaired) electrons. The number of nitrogens with one attached hydrogen (secondary N) is 1. The topological polar surface area (TPSA) is 282 Å². The lowest BCUT2D eigenvalue weighted by Gasteiger charge is -2.19. The lowest BCUT2D eigenvalue weighted by molar-refractivity contribution is -0.201. The van der Waals surface area contributed by atoms with Gasteiger partial charge in [-0.05, 0) is 69.9 Å². The average Bonchev–Trinajstić information content (AvgIpc) is 3.80. The van der Waals surface area contributed by atoms with E-state index in [-0.39, 0.29) is 87.9 Å². The zero-order valence-corrected chi connectivity index (χ0v) is 39.5. The van der Waals surface area contributed by atoms with Crippen molar-refractivity contribution in [1.29, 1.82) is 0 Å². The summed E-state index contributed by atoms with van der Waals surface area (Å²) in [5, 5.41) is 4.36. The molecule has 0 saturated carbocycles. The molecule has 0 bridgehead atoms. The van der Waals surface area contributed by atoms with Crippen molar-refractivity contribution < 1.29 is 81.5 Å². The molecule has 3 rings (SSSR count). The number of likely N-dealkylation sites (N-methyl/N-ethyl adjacent to an activating group) is 1. The molecule has 24 nitrogen and oxygen atoms in total. The van der Waals surface area contributed by atoms with E-state index < -0.39 is 72.2 Å². The Balaban J connectivity index is 0.000000928. The van der Waals surface area contributed by atoms with E-state index in [0.717, 1.165) is 13.1 Å². The van der Waals surface area contributed by atoms with Gasteiger partial charge in [0.25, 0.3) is 35.4 Å². The minimum atomic E-state index is -0.973. The van der Waals surface area contributed by atoms with E-state index in [0.29, 0.717) is 28.2 Å². The second-order valence-electron chi connectivity index (χ2n) is 16.5. The number of carbonyl (C=O) groups excluding carboxylic acids is 12. The lowest BCUT2D eigenvalue weighted by Crippen LogP contribution is -2.33. The van der Waals surface area contributed by atoms with Crippen molar-refractivity contribution in [3.05, 3.63) is 0 Å². The second-order valence-corrected chi connectivity index (χ2v) is 16.5. The minimum Gasteiger partial charge on any atom is -0.463 e. The molecule has 7 amide bonds. The first-order chi connectivity index (χ1) is 30.1. The van der Waals surface area contributed by atoms with Gasteiger partial charge >= 0.3 is 29.8 Å². The van der Waals surface area contributed by atoms with Gasteiger partial charge in [0.05, 0.1) is 38.2 Å². The van der Waals surface area contributed by atoms with E-state index in [4.69, 9.17) is 9.47 Å². The number of carbonyl (C=O) groups is 12. The summed E-state index contributed by atoms with van der Waals surface area (Å²) in [4.78, 5) is 156. The Labute approximate surface area is 379 Å². The zero-order chi connectivity index (χ0) is 50.0. The number of ether oxygens (including phenoxy) is 2. The van der Waals surface area contributed by atoms with Crippen molar-refractivity contribution in [2.45, 2.75) is 123 Å². The van der Waals surface area contributed by atoms with Crippen molar-refractivity contribution in [2.75, 3.05) is 68.5 Å². The molecular formula is C41H67N7O17. The van der Waals surface area contributed by atoms with Crippen LogP contribution in [-0.2, 0) is 81.5 Å². The molecule has 3 fully saturated rings. The average molecular weight is 930 g/mol. The van der Waals surface area contributed by atoms with Gasteiger partial charge in [-0.15, -0.1) is 15.2 Å². The summed E-state index contributed by atoms with van der Waals surface area (Å²) >= 11 is 0. The molecule has 3 heterocycles. The summed E-state index contributed by atoms with van der Waals surface area (Å²) in [5.41, 5.74) is -0.374. The van der Waals surface area contributed by atoms with Crippen LogP contribution in [0.4, 0.5) is 0 Å². The Hall–Kier alpha value is -5.88. The largest absolute Gasteiger partial charge is 0.463 e. The molecule has 368 valence electrons. The molecule has 0 aromatic heterocycles. The number of hydroxylamine groups is 6. The van der Waals surface area contributed by atoms with E-state index in [1.54, 1.807) is 13.8 Å². The molecule has 3 aliphatic heterocycles. The minimum absolute atomic E-state index is 0.0141. The highest BCUT2D eigenvalue weighted by Gasteiger charge is 2.35. The molecule has 3 saturated heterocycles. The second kappa shape index (κ2) is 30.3. The number of hydrogen-bond acceptors (Lipinski definition) is 20. The third-order valence-electron chi connectivity index (χ3n) is 7.78. The van der Waals surface area contributed by atoms with Gasteiger partial charge in [-0.25, -0.2) is 14.4 Å². The first kappa shape index (κ1) is 59.1. The Morgan fingerprint density at radius 2 is 0.877 bits per heavy atom. The fourth-order valence-corrected chi connectivity index (χ4v) is 4.74. The van der Waals surface area contributed by atoms with Crippen molar-refractivity contribution in [1.82, 2.24) is 35.2 Å². The first-order valence-electron chi connectivity index (χ1n) is 20.9. The number of amides is 7. The number of esters is 2. The van der Waals surface area contributed by atoms with E-state index in [9.17, 15) is 57.5 Å². The lowest BCUT2D eigenvalue weighted by atomic mass is 10.2. The van der Waals surface area contributed by atoms with Crippen LogP contribution in [0.2, 0.25) is 0 Å². The van der Waals surface area contributed by atoms with Crippen LogP contribution in [0.25, 0.3) is 0 Å². The Morgan fingerprint density at radius 3 is 1.20 bits per heavy atom. The summed E-state index contributed by atoms with van der Waals surface area (Å²) < 4.78 is 10.1. The molecule has 0 aromatic carbocycles. The van der Waals surface area contributed by atoms with Crippen LogP contribution in [0.15, 0.2) is 0 Å². The summed E-state index contributed by atoms with van der Waals surface area (Å²) in [6, 6.07) is 0. The monoisotopic (exact) mass is 929 g/mol. The van der Waals surface area contributed by atoms with Gasteiger partial charge in [0, 0.05) is 78.2 Å². The van der Waals surface area contributed by atoms with Crippen LogP contribution in [0.1, 0.15) is 112 Å². The molecule has 0 aliphatic carbocycles. The third kappa shape index (κ3) is 27.8. The van der Waals surface area contributed by atoms with Crippen molar-refractivity contribution in [2.24, 2.45) is 0 Å². The quantitative estimate of drug-likeness (QED) is 0.103.